The average molecular weight is 264 g/mol. The van der Waals surface area contributed by atoms with Crippen LogP contribution in [0.25, 0.3) is 0 Å². The lowest BCUT2D eigenvalue weighted by Crippen LogP contribution is -2.40. The van der Waals surface area contributed by atoms with E-state index in [2.05, 4.69) is 24.1 Å². The molecule has 106 valence electrons. The van der Waals surface area contributed by atoms with E-state index in [0.29, 0.717) is 6.04 Å². The molecular weight excluding hydrogens is 239 g/mol. The first-order valence-corrected chi connectivity index (χ1v) is 7.26. The predicted octanol–water partition coefficient (Wildman–Crippen LogP) is 3.17. The van der Waals surface area contributed by atoms with Crippen molar-refractivity contribution in [2.75, 3.05) is 13.6 Å². The van der Waals surface area contributed by atoms with Crippen LogP contribution in [0.2, 0.25) is 0 Å². The SMILES string of the molecule is CNCc1ccc(F)c(CN2CC(C)CCC2C)c1. The number of rotatable bonds is 4. The van der Waals surface area contributed by atoms with Crippen LogP contribution in [0.5, 0.6) is 0 Å². The monoisotopic (exact) mass is 264 g/mol. The number of nitrogens with one attached hydrogen (secondary N) is 1. The lowest BCUT2D eigenvalue weighted by Gasteiger charge is -2.36. The van der Waals surface area contributed by atoms with Crippen molar-refractivity contribution in [3.05, 3.63) is 35.1 Å². The third-order valence-electron chi connectivity index (χ3n) is 4.11. The van der Waals surface area contributed by atoms with Gasteiger partial charge in [-0.3, -0.25) is 4.90 Å². The standard InChI is InChI=1S/C16H25FN2/c1-12-4-5-13(2)19(10-12)11-15-8-14(9-18-3)6-7-16(15)17/h6-8,12-13,18H,4-5,9-11H2,1-3H3. The van der Waals surface area contributed by atoms with Gasteiger partial charge in [-0.2, -0.15) is 0 Å². The molecule has 0 amide bonds. The molecule has 1 fully saturated rings. The first-order valence-electron chi connectivity index (χ1n) is 7.26. The highest BCUT2D eigenvalue weighted by atomic mass is 19.1. The van der Waals surface area contributed by atoms with Crippen LogP contribution in [0.4, 0.5) is 4.39 Å². The molecule has 0 spiro atoms. The number of nitrogens with zero attached hydrogens (tertiary/aromatic N) is 1. The highest BCUT2D eigenvalue weighted by Crippen LogP contribution is 2.24. The van der Waals surface area contributed by atoms with Crippen molar-refractivity contribution < 1.29 is 4.39 Å². The average Bonchev–Trinajstić information content (AvgIpc) is 2.38. The Morgan fingerprint density at radius 1 is 1.32 bits per heavy atom. The first kappa shape index (κ1) is 14.5. The quantitative estimate of drug-likeness (QED) is 0.898. The molecule has 0 radical (unpaired) electrons. The van der Waals surface area contributed by atoms with Crippen LogP contribution >= 0.6 is 0 Å². The van der Waals surface area contributed by atoms with Gasteiger partial charge in [-0.05, 0) is 44.4 Å². The maximum absolute atomic E-state index is 13.9. The van der Waals surface area contributed by atoms with Gasteiger partial charge in [0.05, 0.1) is 0 Å². The van der Waals surface area contributed by atoms with Crippen LogP contribution in [0.15, 0.2) is 18.2 Å². The summed E-state index contributed by atoms with van der Waals surface area (Å²) in [4.78, 5) is 2.41. The largest absolute Gasteiger partial charge is 0.316 e. The Kier molecular flexibility index (Phi) is 4.94. The minimum Gasteiger partial charge on any atom is -0.316 e. The summed E-state index contributed by atoms with van der Waals surface area (Å²) in [6, 6.07) is 6.01. The van der Waals surface area contributed by atoms with Crippen molar-refractivity contribution in [2.45, 2.75) is 45.8 Å². The summed E-state index contributed by atoms with van der Waals surface area (Å²) in [6.45, 7) is 7.14. The molecule has 1 N–H and O–H groups in total. The van der Waals surface area contributed by atoms with Crippen LogP contribution in [0.3, 0.4) is 0 Å². The van der Waals surface area contributed by atoms with Gasteiger partial charge < -0.3 is 5.32 Å². The highest BCUT2D eigenvalue weighted by molar-refractivity contribution is 5.25. The Bertz CT molecular complexity index is 419. The van der Waals surface area contributed by atoms with Gasteiger partial charge in [0.25, 0.3) is 0 Å². The van der Waals surface area contributed by atoms with Crippen molar-refractivity contribution in [1.82, 2.24) is 10.2 Å². The minimum atomic E-state index is -0.0784. The summed E-state index contributed by atoms with van der Waals surface area (Å²) in [5, 5.41) is 3.11. The van der Waals surface area contributed by atoms with E-state index in [0.717, 1.165) is 36.7 Å². The van der Waals surface area contributed by atoms with Gasteiger partial charge >= 0.3 is 0 Å². The van der Waals surface area contributed by atoms with Gasteiger partial charge in [-0.25, -0.2) is 4.39 Å². The van der Waals surface area contributed by atoms with E-state index >= 15 is 0 Å². The topological polar surface area (TPSA) is 15.3 Å². The molecule has 1 aromatic carbocycles. The van der Waals surface area contributed by atoms with Gasteiger partial charge in [0.1, 0.15) is 5.82 Å². The normalized spacial score (nSPS) is 24.6. The molecule has 1 aliphatic rings. The predicted molar refractivity (Wildman–Crippen MR) is 77.4 cm³/mol. The van der Waals surface area contributed by atoms with Crippen molar-refractivity contribution >= 4 is 0 Å². The zero-order chi connectivity index (χ0) is 13.8. The zero-order valence-electron chi connectivity index (χ0n) is 12.2. The van der Waals surface area contributed by atoms with Gasteiger partial charge in [0.2, 0.25) is 0 Å². The Morgan fingerprint density at radius 3 is 2.84 bits per heavy atom. The molecule has 2 nitrogen and oxygen atoms in total. The van der Waals surface area contributed by atoms with E-state index in [9.17, 15) is 4.39 Å². The molecule has 1 saturated heterocycles. The summed E-state index contributed by atoms with van der Waals surface area (Å²) in [5.74, 6) is 0.644. The van der Waals surface area contributed by atoms with Crippen LogP contribution in [0, 0.1) is 11.7 Å². The molecule has 2 atom stereocenters. The summed E-state index contributed by atoms with van der Waals surface area (Å²) in [6.07, 6.45) is 2.51. The Morgan fingerprint density at radius 2 is 2.11 bits per heavy atom. The molecule has 0 saturated carbocycles. The first-order chi connectivity index (χ1) is 9.10. The molecule has 1 heterocycles. The van der Waals surface area contributed by atoms with Crippen LogP contribution in [-0.2, 0) is 13.1 Å². The second kappa shape index (κ2) is 6.49. The van der Waals surface area contributed by atoms with E-state index < -0.39 is 0 Å². The molecule has 3 heteroatoms. The highest BCUT2D eigenvalue weighted by Gasteiger charge is 2.23. The number of halogens is 1. The van der Waals surface area contributed by atoms with Crippen molar-refractivity contribution in [3.63, 3.8) is 0 Å². The van der Waals surface area contributed by atoms with Crippen LogP contribution < -0.4 is 5.32 Å². The Hall–Kier alpha value is -0.930. The summed E-state index contributed by atoms with van der Waals surface area (Å²) in [5.41, 5.74) is 1.98. The molecule has 0 aromatic heterocycles. The van der Waals surface area contributed by atoms with Gasteiger partial charge in [0, 0.05) is 31.2 Å². The Labute approximate surface area is 116 Å². The fourth-order valence-electron chi connectivity index (χ4n) is 2.88. The molecule has 19 heavy (non-hydrogen) atoms. The molecule has 1 aromatic rings. The smallest absolute Gasteiger partial charge is 0.127 e. The van der Waals surface area contributed by atoms with Crippen LogP contribution in [0.1, 0.15) is 37.8 Å². The summed E-state index contributed by atoms with van der Waals surface area (Å²) in [7, 11) is 1.91. The van der Waals surface area contributed by atoms with Gasteiger partial charge in [-0.15, -0.1) is 0 Å². The Balaban J connectivity index is 2.10. The lowest BCUT2D eigenvalue weighted by molar-refractivity contribution is 0.116. The van der Waals surface area contributed by atoms with Crippen LogP contribution in [-0.4, -0.2) is 24.5 Å². The minimum absolute atomic E-state index is 0.0784. The van der Waals surface area contributed by atoms with E-state index in [1.165, 1.54) is 12.8 Å². The molecule has 2 rings (SSSR count). The molecular formula is C16H25FN2. The van der Waals surface area contributed by atoms with E-state index in [1.54, 1.807) is 6.07 Å². The number of piperidine rings is 1. The molecule has 0 aliphatic carbocycles. The second-order valence-corrected chi connectivity index (χ2v) is 5.92. The maximum atomic E-state index is 13.9. The number of hydrogen-bond acceptors (Lipinski definition) is 2. The van der Waals surface area contributed by atoms with E-state index in [-0.39, 0.29) is 5.82 Å². The van der Waals surface area contributed by atoms with Crippen molar-refractivity contribution in [2.24, 2.45) is 5.92 Å². The number of likely N-dealkylation sites (tertiary alicyclic amines) is 1. The number of benzene rings is 1. The maximum Gasteiger partial charge on any atom is 0.127 e. The fourth-order valence-corrected chi connectivity index (χ4v) is 2.88. The van der Waals surface area contributed by atoms with E-state index in [1.807, 2.05) is 19.2 Å². The summed E-state index contributed by atoms with van der Waals surface area (Å²) < 4.78 is 13.9. The van der Waals surface area contributed by atoms with Gasteiger partial charge in [0.15, 0.2) is 0 Å². The third-order valence-corrected chi connectivity index (χ3v) is 4.11. The third kappa shape index (κ3) is 3.77. The van der Waals surface area contributed by atoms with Gasteiger partial charge in [-0.1, -0.05) is 19.1 Å². The van der Waals surface area contributed by atoms with E-state index in [4.69, 9.17) is 0 Å². The molecule has 2 unspecified atom stereocenters. The molecule has 0 bridgehead atoms. The zero-order valence-corrected chi connectivity index (χ0v) is 12.2. The number of hydrogen-bond donors (Lipinski definition) is 1. The molecule has 1 aliphatic heterocycles. The lowest BCUT2D eigenvalue weighted by atomic mass is 9.94. The fraction of sp³-hybridized carbons (Fsp3) is 0.625. The van der Waals surface area contributed by atoms with Crippen molar-refractivity contribution in [1.29, 1.82) is 0 Å². The second-order valence-electron chi connectivity index (χ2n) is 5.92. The summed E-state index contributed by atoms with van der Waals surface area (Å²) >= 11 is 0. The van der Waals surface area contributed by atoms with Crippen molar-refractivity contribution in [3.8, 4) is 0 Å².